The number of alkyl halides is 1. The second-order valence-corrected chi connectivity index (χ2v) is 4.87. The summed E-state index contributed by atoms with van der Waals surface area (Å²) in [5.74, 6) is 0.484. The Labute approximate surface area is 118 Å². The van der Waals surface area contributed by atoms with Crippen molar-refractivity contribution in [1.82, 2.24) is 4.98 Å². The molecule has 0 aliphatic rings. The molecule has 0 aliphatic heterocycles. The van der Waals surface area contributed by atoms with E-state index in [9.17, 15) is 4.39 Å². The fourth-order valence-corrected chi connectivity index (χ4v) is 2.11. The first-order chi connectivity index (χ1) is 8.69. The van der Waals surface area contributed by atoms with Gasteiger partial charge in [-0.2, -0.15) is 0 Å². The third-order valence-corrected chi connectivity index (χ3v) is 3.04. The van der Waals surface area contributed by atoms with Crippen LogP contribution in [0.25, 0.3) is 0 Å². The number of halogens is 3. The van der Waals surface area contributed by atoms with Crippen molar-refractivity contribution in [3.63, 3.8) is 0 Å². The fourth-order valence-electron chi connectivity index (χ4n) is 1.49. The minimum Gasteiger partial charge on any atom is -0.489 e. The molecule has 2 nitrogen and oxygen atoms in total. The van der Waals surface area contributed by atoms with Crippen molar-refractivity contribution in [2.24, 2.45) is 0 Å². The van der Waals surface area contributed by atoms with Crippen LogP contribution in [0.2, 0.25) is 0 Å². The molecule has 0 amide bonds. The Hall–Kier alpha value is -1.13. The molecule has 1 aromatic carbocycles. The molecule has 0 radical (unpaired) electrons. The monoisotopic (exact) mass is 329 g/mol. The van der Waals surface area contributed by atoms with Crippen LogP contribution in [0.4, 0.5) is 4.39 Å². The second-order valence-electron chi connectivity index (χ2n) is 3.69. The minimum atomic E-state index is -0.317. The molecule has 0 saturated carbocycles. The summed E-state index contributed by atoms with van der Waals surface area (Å²) < 4.78 is 19.5. The van der Waals surface area contributed by atoms with Crippen LogP contribution in [0, 0.1) is 5.82 Å². The number of hydrogen-bond acceptors (Lipinski definition) is 2. The minimum absolute atomic E-state index is 0.212. The molecule has 0 unspecified atom stereocenters. The van der Waals surface area contributed by atoms with Crippen molar-refractivity contribution in [2.75, 3.05) is 0 Å². The lowest BCUT2D eigenvalue weighted by Crippen LogP contribution is -1.99. The summed E-state index contributed by atoms with van der Waals surface area (Å²) in [6, 6.07) is 6.22. The smallest absolute Gasteiger partial charge is 0.124 e. The van der Waals surface area contributed by atoms with Gasteiger partial charge in [0.15, 0.2) is 0 Å². The van der Waals surface area contributed by atoms with Gasteiger partial charge in [0, 0.05) is 28.0 Å². The summed E-state index contributed by atoms with van der Waals surface area (Å²) in [4.78, 5) is 4.04. The van der Waals surface area contributed by atoms with Gasteiger partial charge in [0.1, 0.15) is 18.2 Å². The molecule has 94 valence electrons. The van der Waals surface area contributed by atoms with E-state index in [1.54, 1.807) is 18.5 Å². The molecular formula is C13H10BrClFNO. The highest BCUT2D eigenvalue weighted by atomic mass is 79.9. The number of rotatable bonds is 4. The summed E-state index contributed by atoms with van der Waals surface area (Å²) in [7, 11) is 0. The van der Waals surface area contributed by atoms with Gasteiger partial charge in [-0.15, -0.1) is 11.6 Å². The molecule has 0 saturated heterocycles. The van der Waals surface area contributed by atoms with Crippen molar-refractivity contribution < 1.29 is 9.13 Å². The van der Waals surface area contributed by atoms with Gasteiger partial charge >= 0.3 is 0 Å². The lowest BCUT2D eigenvalue weighted by Gasteiger charge is -2.10. The number of pyridine rings is 1. The Kier molecular flexibility index (Phi) is 4.55. The van der Waals surface area contributed by atoms with Crippen LogP contribution < -0.4 is 4.74 Å². The fraction of sp³-hybridized carbons (Fsp3) is 0.154. The number of aromatic nitrogens is 1. The van der Waals surface area contributed by atoms with Gasteiger partial charge in [0.05, 0.1) is 5.88 Å². The largest absolute Gasteiger partial charge is 0.489 e. The van der Waals surface area contributed by atoms with Gasteiger partial charge in [-0.05, 0) is 40.2 Å². The van der Waals surface area contributed by atoms with Crippen LogP contribution in [0.1, 0.15) is 11.1 Å². The highest BCUT2D eigenvalue weighted by Gasteiger charge is 2.05. The van der Waals surface area contributed by atoms with Crippen LogP contribution in [-0.4, -0.2) is 4.98 Å². The van der Waals surface area contributed by atoms with E-state index < -0.39 is 0 Å². The topological polar surface area (TPSA) is 22.1 Å². The summed E-state index contributed by atoms with van der Waals surface area (Å²) in [6.07, 6.45) is 3.42. The van der Waals surface area contributed by atoms with Crippen molar-refractivity contribution in [1.29, 1.82) is 0 Å². The third-order valence-electron chi connectivity index (χ3n) is 2.32. The van der Waals surface area contributed by atoms with Gasteiger partial charge < -0.3 is 4.74 Å². The van der Waals surface area contributed by atoms with Crippen molar-refractivity contribution >= 4 is 27.5 Å². The van der Waals surface area contributed by atoms with Crippen molar-refractivity contribution in [3.8, 4) is 5.75 Å². The van der Waals surface area contributed by atoms with E-state index in [1.165, 1.54) is 12.1 Å². The first-order valence-corrected chi connectivity index (χ1v) is 6.58. The molecule has 0 N–H and O–H groups in total. The number of hydrogen-bond donors (Lipinski definition) is 0. The van der Waals surface area contributed by atoms with E-state index in [0.717, 1.165) is 10.0 Å². The van der Waals surface area contributed by atoms with Crippen molar-refractivity contribution in [3.05, 3.63) is 58.1 Å². The van der Waals surface area contributed by atoms with Gasteiger partial charge in [0.25, 0.3) is 0 Å². The lowest BCUT2D eigenvalue weighted by molar-refractivity contribution is 0.302. The van der Waals surface area contributed by atoms with E-state index in [1.807, 2.05) is 6.07 Å². The van der Waals surface area contributed by atoms with Gasteiger partial charge in [0.2, 0.25) is 0 Å². The average Bonchev–Trinajstić information content (AvgIpc) is 2.37. The molecule has 5 heteroatoms. The zero-order valence-corrected chi connectivity index (χ0v) is 11.7. The van der Waals surface area contributed by atoms with E-state index in [-0.39, 0.29) is 11.7 Å². The maximum atomic E-state index is 13.0. The predicted octanol–water partition coefficient (Wildman–Crippen LogP) is 4.30. The maximum Gasteiger partial charge on any atom is 0.124 e. The Morgan fingerprint density at radius 1 is 1.28 bits per heavy atom. The van der Waals surface area contributed by atoms with Gasteiger partial charge in [-0.1, -0.05) is 0 Å². The van der Waals surface area contributed by atoms with Crippen LogP contribution in [0.5, 0.6) is 5.75 Å². The molecule has 2 rings (SSSR count). The average molecular weight is 331 g/mol. The van der Waals surface area contributed by atoms with Gasteiger partial charge in [-0.3, -0.25) is 4.98 Å². The van der Waals surface area contributed by atoms with E-state index in [0.29, 0.717) is 17.9 Å². The van der Waals surface area contributed by atoms with Crippen LogP contribution in [-0.2, 0) is 12.5 Å². The van der Waals surface area contributed by atoms with E-state index in [4.69, 9.17) is 16.3 Å². The molecule has 0 spiro atoms. The van der Waals surface area contributed by atoms with Crippen molar-refractivity contribution in [2.45, 2.75) is 12.5 Å². The summed E-state index contributed by atoms with van der Waals surface area (Å²) in [5, 5.41) is 0. The zero-order valence-electron chi connectivity index (χ0n) is 9.37. The van der Waals surface area contributed by atoms with Gasteiger partial charge in [-0.25, -0.2) is 4.39 Å². The quantitative estimate of drug-likeness (QED) is 0.780. The summed E-state index contributed by atoms with van der Waals surface area (Å²) in [6.45, 7) is 0.363. The summed E-state index contributed by atoms with van der Waals surface area (Å²) in [5.41, 5.74) is 1.56. The standard InChI is InChI=1S/C13H10BrClFNO/c14-11-3-9(6-17-7-11)8-18-13-2-1-12(16)4-10(13)5-15/h1-4,6-7H,5,8H2. The number of nitrogens with zero attached hydrogens (tertiary/aromatic N) is 1. The Balaban J connectivity index is 2.10. The van der Waals surface area contributed by atoms with Crippen LogP contribution >= 0.6 is 27.5 Å². The maximum absolute atomic E-state index is 13.0. The molecule has 0 fully saturated rings. The lowest BCUT2D eigenvalue weighted by atomic mass is 10.2. The normalized spacial score (nSPS) is 10.4. The highest BCUT2D eigenvalue weighted by Crippen LogP contribution is 2.22. The van der Waals surface area contributed by atoms with Crippen LogP contribution in [0.15, 0.2) is 41.1 Å². The Bertz CT molecular complexity index is 550. The Morgan fingerprint density at radius 2 is 2.11 bits per heavy atom. The molecule has 0 atom stereocenters. The first-order valence-electron chi connectivity index (χ1n) is 5.25. The Morgan fingerprint density at radius 3 is 2.83 bits per heavy atom. The zero-order chi connectivity index (χ0) is 13.0. The molecule has 18 heavy (non-hydrogen) atoms. The predicted molar refractivity (Wildman–Crippen MR) is 72.2 cm³/mol. The molecule has 2 aromatic rings. The first kappa shape index (κ1) is 13.3. The molecule has 0 bridgehead atoms. The van der Waals surface area contributed by atoms with E-state index >= 15 is 0 Å². The molecule has 1 heterocycles. The molecule has 1 aromatic heterocycles. The summed E-state index contributed by atoms with van der Waals surface area (Å²) >= 11 is 9.08. The number of benzene rings is 1. The molecular weight excluding hydrogens is 321 g/mol. The second kappa shape index (κ2) is 6.16. The van der Waals surface area contributed by atoms with E-state index in [2.05, 4.69) is 20.9 Å². The third kappa shape index (κ3) is 3.43. The SMILES string of the molecule is Fc1ccc(OCc2cncc(Br)c2)c(CCl)c1. The molecule has 0 aliphatic carbocycles. The highest BCUT2D eigenvalue weighted by molar-refractivity contribution is 9.10. The number of ether oxygens (including phenoxy) is 1. The van der Waals surface area contributed by atoms with Crippen LogP contribution in [0.3, 0.4) is 0 Å².